The highest BCUT2D eigenvalue weighted by Crippen LogP contribution is 2.25. The molecule has 1 N–H and O–H groups in total. The normalized spacial score (nSPS) is 10.2. The molecule has 0 radical (unpaired) electrons. The van der Waals surface area contributed by atoms with Crippen molar-refractivity contribution in [1.82, 2.24) is 10.2 Å². The minimum absolute atomic E-state index is 0.0355. The van der Waals surface area contributed by atoms with Gasteiger partial charge in [0.25, 0.3) is 11.6 Å². The van der Waals surface area contributed by atoms with Crippen LogP contribution in [0.15, 0.2) is 28.6 Å². The lowest BCUT2D eigenvalue weighted by Crippen LogP contribution is -2.20. The van der Waals surface area contributed by atoms with Crippen LogP contribution in [0.5, 0.6) is 5.75 Å². The van der Waals surface area contributed by atoms with E-state index in [1.807, 2.05) is 6.92 Å². The van der Waals surface area contributed by atoms with Crippen LogP contribution in [0.2, 0.25) is 0 Å². The van der Waals surface area contributed by atoms with Gasteiger partial charge in [0, 0.05) is 12.1 Å². The number of carbonyl (C=O) groups is 1. The number of thioether (sulfide) groups is 1. The number of nitrogens with one attached hydrogen (secondary N) is 1. The summed E-state index contributed by atoms with van der Waals surface area (Å²) >= 11 is 2.84. The molecule has 0 unspecified atom stereocenters. The summed E-state index contributed by atoms with van der Waals surface area (Å²) < 4.78 is 6.03. The molecule has 0 bridgehead atoms. The van der Waals surface area contributed by atoms with Gasteiger partial charge in [-0.25, -0.2) is 0 Å². The lowest BCUT2D eigenvalue weighted by molar-refractivity contribution is -0.384. The SMILES string of the molecule is CCSc1nnc(NC(=O)COc2ccc([N+](=O)[O-])cc2)s1. The number of nitro groups is 1. The van der Waals surface area contributed by atoms with Crippen molar-refractivity contribution in [3.63, 3.8) is 0 Å². The van der Waals surface area contributed by atoms with Crippen LogP contribution in [-0.2, 0) is 4.79 Å². The second-order valence-electron chi connectivity index (χ2n) is 3.89. The molecule has 0 spiro atoms. The second-order valence-corrected chi connectivity index (χ2v) is 6.38. The fraction of sp³-hybridized carbons (Fsp3) is 0.250. The molecule has 2 rings (SSSR count). The summed E-state index contributed by atoms with van der Waals surface area (Å²) in [6, 6.07) is 5.50. The van der Waals surface area contributed by atoms with Gasteiger partial charge >= 0.3 is 0 Å². The minimum atomic E-state index is -0.502. The largest absolute Gasteiger partial charge is 0.484 e. The monoisotopic (exact) mass is 340 g/mol. The number of ether oxygens (including phenoxy) is 1. The van der Waals surface area contributed by atoms with Gasteiger partial charge in [0.05, 0.1) is 4.92 Å². The topological polar surface area (TPSA) is 107 Å². The Morgan fingerprint density at radius 3 is 2.77 bits per heavy atom. The van der Waals surface area contributed by atoms with Gasteiger partial charge in [-0.3, -0.25) is 20.2 Å². The van der Waals surface area contributed by atoms with E-state index >= 15 is 0 Å². The summed E-state index contributed by atoms with van der Waals surface area (Å²) in [6.07, 6.45) is 0. The van der Waals surface area contributed by atoms with E-state index in [1.165, 1.54) is 35.6 Å². The number of benzene rings is 1. The van der Waals surface area contributed by atoms with Crippen molar-refractivity contribution >= 4 is 39.8 Å². The summed E-state index contributed by atoms with van der Waals surface area (Å²) in [5.74, 6) is 0.883. The van der Waals surface area contributed by atoms with Crippen molar-refractivity contribution < 1.29 is 14.5 Å². The first-order chi connectivity index (χ1) is 10.6. The molecule has 1 aromatic heterocycles. The summed E-state index contributed by atoms with van der Waals surface area (Å²) in [5, 5.41) is 21.3. The molecule has 1 amide bonds. The molecule has 0 aliphatic rings. The molecule has 2 aromatic rings. The predicted molar refractivity (Wildman–Crippen MR) is 83.5 cm³/mol. The van der Waals surface area contributed by atoms with Crippen molar-refractivity contribution in [2.24, 2.45) is 0 Å². The molecule has 1 heterocycles. The Bertz CT molecular complexity index is 659. The Morgan fingerprint density at radius 1 is 1.41 bits per heavy atom. The number of carbonyl (C=O) groups excluding carboxylic acids is 1. The molecule has 0 saturated carbocycles. The van der Waals surface area contributed by atoms with Gasteiger partial charge < -0.3 is 4.74 Å². The minimum Gasteiger partial charge on any atom is -0.484 e. The maximum Gasteiger partial charge on any atom is 0.269 e. The maximum atomic E-state index is 11.7. The lowest BCUT2D eigenvalue weighted by atomic mass is 10.3. The van der Waals surface area contributed by atoms with E-state index < -0.39 is 4.92 Å². The third kappa shape index (κ3) is 4.67. The molecule has 22 heavy (non-hydrogen) atoms. The number of aromatic nitrogens is 2. The number of amides is 1. The van der Waals surface area contributed by atoms with Crippen LogP contribution in [0.4, 0.5) is 10.8 Å². The Kier molecular flexibility index (Phi) is 5.67. The molecule has 1 aromatic carbocycles. The van der Waals surface area contributed by atoms with Crippen molar-refractivity contribution in [3.8, 4) is 5.75 Å². The zero-order chi connectivity index (χ0) is 15.9. The van der Waals surface area contributed by atoms with Crippen LogP contribution in [0, 0.1) is 10.1 Å². The third-order valence-corrected chi connectivity index (χ3v) is 4.19. The zero-order valence-corrected chi connectivity index (χ0v) is 13.1. The number of anilines is 1. The van der Waals surface area contributed by atoms with Crippen molar-refractivity contribution in [1.29, 1.82) is 0 Å². The Balaban J connectivity index is 1.82. The van der Waals surface area contributed by atoms with Crippen LogP contribution in [0.1, 0.15) is 6.92 Å². The van der Waals surface area contributed by atoms with Crippen molar-refractivity contribution in [3.05, 3.63) is 34.4 Å². The van der Waals surface area contributed by atoms with Gasteiger partial charge in [0.15, 0.2) is 10.9 Å². The third-order valence-electron chi connectivity index (χ3n) is 2.34. The number of nitro benzene ring substituents is 1. The van der Waals surface area contributed by atoms with Gasteiger partial charge in [0.2, 0.25) is 5.13 Å². The van der Waals surface area contributed by atoms with Gasteiger partial charge in [-0.05, 0) is 17.9 Å². The van der Waals surface area contributed by atoms with Crippen LogP contribution in [0.25, 0.3) is 0 Å². The fourth-order valence-electron chi connectivity index (χ4n) is 1.41. The summed E-state index contributed by atoms with van der Waals surface area (Å²) in [6.45, 7) is 1.79. The van der Waals surface area contributed by atoms with Gasteiger partial charge in [-0.2, -0.15) is 0 Å². The van der Waals surface area contributed by atoms with Crippen molar-refractivity contribution in [2.45, 2.75) is 11.3 Å². The van der Waals surface area contributed by atoms with E-state index in [9.17, 15) is 14.9 Å². The van der Waals surface area contributed by atoms with Crippen molar-refractivity contribution in [2.75, 3.05) is 17.7 Å². The molecule has 0 aliphatic carbocycles. The van der Waals surface area contributed by atoms with E-state index in [1.54, 1.807) is 11.8 Å². The number of nitrogens with zero attached hydrogens (tertiary/aromatic N) is 3. The standard InChI is InChI=1S/C12H12N4O4S2/c1-2-21-12-15-14-11(22-12)13-10(17)7-20-9-5-3-8(4-6-9)16(18)19/h3-6H,2,7H2,1H3,(H,13,14,17). The van der Waals surface area contributed by atoms with Gasteiger partial charge in [-0.1, -0.05) is 30.0 Å². The van der Waals surface area contributed by atoms with Crippen LogP contribution >= 0.6 is 23.1 Å². The molecule has 116 valence electrons. The average Bonchev–Trinajstić information content (AvgIpc) is 2.93. The molecular formula is C12H12N4O4S2. The van der Waals surface area contributed by atoms with Gasteiger partial charge in [-0.15, -0.1) is 10.2 Å². The van der Waals surface area contributed by atoms with Crippen LogP contribution in [0.3, 0.4) is 0 Å². The summed E-state index contributed by atoms with van der Waals surface area (Å²) in [4.78, 5) is 21.7. The highest BCUT2D eigenvalue weighted by atomic mass is 32.2. The number of hydrogen-bond donors (Lipinski definition) is 1. The summed E-state index contributed by atoms with van der Waals surface area (Å²) in [7, 11) is 0. The van der Waals surface area contributed by atoms with Gasteiger partial charge in [0.1, 0.15) is 5.75 Å². The number of hydrogen-bond acceptors (Lipinski definition) is 8. The van der Waals surface area contributed by atoms with E-state index in [4.69, 9.17) is 4.74 Å². The molecule has 8 nitrogen and oxygen atoms in total. The molecule has 0 saturated heterocycles. The van der Waals surface area contributed by atoms with E-state index in [0.29, 0.717) is 10.9 Å². The predicted octanol–water partition coefficient (Wildman–Crippen LogP) is 2.58. The second kappa shape index (κ2) is 7.71. The Hall–Kier alpha value is -2.20. The summed E-state index contributed by atoms with van der Waals surface area (Å²) in [5.41, 5.74) is -0.0355. The zero-order valence-electron chi connectivity index (χ0n) is 11.5. The van der Waals surface area contributed by atoms with Crippen LogP contribution < -0.4 is 10.1 Å². The Labute approximate surface area is 134 Å². The first kappa shape index (κ1) is 16.2. The van der Waals surface area contributed by atoms with Crippen LogP contribution in [-0.4, -0.2) is 33.4 Å². The molecule has 0 aliphatic heterocycles. The highest BCUT2D eigenvalue weighted by Gasteiger charge is 2.10. The smallest absolute Gasteiger partial charge is 0.269 e. The molecule has 0 atom stereocenters. The number of rotatable bonds is 7. The lowest BCUT2D eigenvalue weighted by Gasteiger charge is -2.05. The number of non-ortho nitro benzene ring substituents is 1. The molecule has 0 fully saturated rings. The Morgan fingerprint density at radius 2 is 2.14 bits per heavy atom. The molecular weight excluding hydrogens is 328 g/mol. The average molecular weight is 340 g/mol. The highest BCUT2D eigenvalue weighted by molar-refractivity contribution is 8.01. The molecule has 10 heteroatoms. The maximum absolute atomic E-state index is 11.7. The fourth-order valence-corrected chi connectivity index (χ4v) is 3.08. The van der Waals surface area contributed by atoms with E-state index in [-0.39, 0.29) is 18.2 Å². The van der Waals surface area contributed by atoms with E-state index in [2.05, 4.69) is 15.5 Å². The first-order valence-electron chi connectivity index (χ1n) is 6.22. The van der Waals surface area contributed by atoms with E-state index in [0.717, 1.165) is 10.1 Å². The quantitative estimate of drug-likeness (QED) is 0.357. The first-order valence-corrected chi connectivity index (χ1v) is 8.02.